The van der Waals surface area contributed by atoms with Crippen molar-refractivity contribution in [3.63, 3.8) is 0 Å². The Hall–Kier alpha value is -3.21. The Morgan fingerprint density at radius 3 is 2.52 bits per heavy atom. The number of pyridine rings is 2. The minimum atomic E-state index is -0.212. The molecule has 25 heavy (non-hydrogen) atoms. The molecule has 2 N–H and O–H groups in total. The van der Waals surface area contributed by atoms with Crippen molar-refractivity contribution in [3.8, 4) is 0 Å². The molecule has 1 amide bonds. The van der Waals surface area contributed by atoms with Crippen LogP contribution in [0.2, 0.25) is 0 Å². The molecular formula is C20H20N4O. The van der Waals surface area contributed by atoms with Crippen LogP contribution < -0.4 is 10.6 Å². The molecule has 0 atom stereocenters. The van der Waals surface area contributed by atoms with Crippen molar-refractivity contribution in [1.29, 1.82) is 0 Å². The smallest absolute Gasteiger partial charge is 0.270 e. The summed E-state index contributed by atoms with van der Waals surface area (Å²) >= 11 is 0. The highest BCUT2D eigenvalue weighted by Crippen LogP contribution is 2.12. The van der Waals surface area contributed by atoms with Crippen molar-refractivity contribution in [2.45, 2.75) is 20.0 Å². The zero-order chi connectivity index (χ0) is 17.5. The Kier molecular flexibility index (Phi) is 5.36. The van der Waals surface area contributed by atoms with E-state index in [1.54, 1.807) is 18.5 Å². The standard InChI is InChI=1S/C20H20N4O/c1-15-6-2-3-7-16(15)12-22-18-9-10-19(23-13-18)20(25)24-14-17-8-4-5-11-21-17/h2-11,13,22H,12,14H2,1H3,(H,24,25). The van der Waals surface area contributed by atoms with Gasteiger partial charge in [0, 0.05) is 12.7 Å². The van der Waals surface area contributed by atoms with E-state index in [-0.39, 0.29) is 5.91 Å². The van der Waals surface area contributed by atoms with Gasteiger partial charge in [0.25, 0.3) is 5.91 Å². The third-order valence-electron chi connectivity index (χ3n) is 3.90. The van der Waals surface area contributed by atoms with Crippen molar-refractivity contribution in [3.05, 3.63) is 89.5 Å². The van der Waals surface area contributed by atoms with Crippen molar-refractivity contribution < 1.29 is 4.79 Å². The first kappa shape index (κ1) is 16.6. The predicted molar refractivity (Wildman–Crippen MR) is 98.1 cm³/mol. The summed E-state index contributed by atoms with van der Waals surface area (Å²) in [4.78, 5) is 20.5. The molecule has 2 heterocycles. The van der Waals surface area contributed by atoms with Crippen LogP contribution in [0.15, 0.2) is 67.0 Å². The Labute approximate surface area is 147 Å². The van der Waals surface area contributed by atoms with Gasteiger partial charge >= 0.3 is 0 Å². The molecule has 0 radical (unpaired) electrons. The van der Waals surface area contributed by atoms with E-state index in [9.17, 15) is 4.79 Å². The monoisotopic (exact) mass is 332 g/mol. The summed E-state index contributed by atoms with van der Waals surface area (Å²) in [6.07, 6.45) is 3.38. The Balaban J connectivity index is 1.54. The SMILES string of the molecule is Cc1ccccc1CNc1ccc(C(=O)NCc2ccccn2)nc1. The minimum Gasteiger partial charge on any atom is -0.380 e. The fourth-order valence-electron chi connectivity index (χ4n) is 2.40. The second kappa shape index (κ2) is 8.06. The summed E-state index contributed by atoms with van der Waals surface area (Å²) in [7, 11) is 0. The molecule has 3 aromatic rings. The highest BCUT2D eigenvalue weighted by Gasteiger charge is 2.07. The normalized spacial score (nSPS) is 10.3. The lowest BCUT2D eigenvalue weighted by molar-refractivity contribution is 0.0945. The number of hydrogen-bond acceptors (Lipinski definition) is 4. The Morgan fingerprint density at radius 1 is 0.960 bits per heavy atom. The number of hydrogen-bond donors (Lipinski definition) is 2. The van der Waals surface area contributed by atoms with Crippen molar-refractivity contribution >= 4 is 11.6 Å². The van der Waals surface area contributed by atoms with Crippen LogP contribution in [0.5, 0.6) is 0 Å². The highest BCUT2D eigenvalue weighted by atomic mass is 16.1. The van der Waals surface area contributed by atoms with Crippen molar-refractivity contribution in [1.82, 2.24) is 15.3 Å². The Bertz CT molecular complexity index is 832. The van der Waals surface area contributed by atoms with E-state index in [4.69, 9.17) is 0 Å². The number of amides is 1. The highest BCUT2D eigenvalue weighted by molar-refractivity contribution is 5.92. The van der Waals surface area contributed by atoms with E-state index in [0.717, 1.165) is 17.9 Å². The first-order valence-electron chi connectivity index (χ1n) is 8.15. The molecule has 0 saturated carbocycles. The van der Waals surface area contributed by atoms with Gasteiger partial charge in [-0.05, 0) is 42.3 Å². The van der Waals surface area contributed by atoms with Gasteiger partial charge in [0.15, 0.2) is 0 Å². The van der Waals surface area contributed by atoms with E-state index in [0.29, 0.717) is 12.2 Å². The summed E-state index contributed by atoms with van der Waals surface area (Å²) in [6, 6.07) is 17.4. The molecule has 0 aliphatic carbocycles. The van der Waals surface area contributed by atoms with E-state index in [1.807, 2.05) is 36.4 Å². The van der Waals surface area contributed by atoms with Crippen LogP contribution in [0.25, 0.3) is 0 Å². The van der Waals surface area contributed by atoms with Crippen molar-refractivity contribution in [2.24, 2.45) is 0 Å². The molecule has 1 aromatic carbocycles. The molecule has 5 heteroatoms. The number of carbonyl (C=O) groups is 1. The van der Waals surface area contributed by atoms with Gasteiger partial charge in [-0.1, -0.05) is 30.3 Å². The van der Waals surface area contributed by atoms with E-state index < -0.39 is 0 Å². The van der Waals surface area contributed by atoms with Crippen molar-refractivity contribution in [2.75, 3.05) is 5.32 Å². The maximum absolute atomic E-state index is 12.1. The lowest BCUT2D eigenvalue weighted by Crippen LogP contribution is -2.24. The molecular weight excluding hydrogens is 312 g/mol. The lowest BCUT2D eigenvalue weighted by atomic mass is 10.1. The number of aromatic nitrogens is 2. The molecule has 0 unspecified atom stereocenters. The predicted octanol–water partition coefficient (Wildman–Crippen LogP) is 3.33. The molecule has 0 saturated heterocycles. The molecule has 0 aliphatic heterocycles. The van der Waals surface area contributed by atoms with E-state index in [2.05, 4.69) is 39.7 Å². The molecule has 0 bridgehead atoms. The zero-order valence-corrected chi connectivity index (χ0v) is 14.1. The number of nitrogens with zero attached hydrogens (tertiary/aromatic N) is 2. The third-order valence-corrected chi connectivity index (χ3v) is 3.90. The fourth-order valence-corrected chi connectivity index (χ4v) is 2.40. The van der Waals surface area contributed by atoms with Crippen LogP contribution in [0, 0.1) is 6.92 Å². The van der Waals surface area contributed by atoms with E-state index >= 15 is 0 Å². The number of nitrogens with one attached hydrogen (secondary N) is 2. The topological polar surface area (TPSA) is 66.9 Å². The van der Waals surface area contributed by atoms with Crippen LogP contribution >= 0.6 is 0 Å². The number of anilines is 1. The molecule has 126 valence electrons. The van der Waals surface area contributed by atoms with Gasteiger partial charge in [-0.25, -0.2) is 4.98 Å². The average molecular weight is 332 g/mol. The molecule has 0 spiro atoms. The summed E-state index contributed by atoms with van der Waals surface area (Å²) in [5.41, 5.74) is 4.56. The first-order valence-corrected chi connectivity index (χ1v) is 8.15. The largest absolute Gasteiger partial charge is 0.380 e. The molecule has 2 aromatic heterocycles. The van der Waals surface area contributed by atoms with Crippen LogP contribution in [0.4, 0.5) is 5.69 Å². The van der Waals surface area contributed by atoms with Gasteiger partial charge in [0.2, 0.25) is 0 Å². The van der Waals surface area contributed by atoms with Gasteiger partial charge in [0.05, 0.1) is 24.1 Å². The van der Waals surface area contributed by atoms with Crippen LogP contribution in [0.3, 0.4) is 0 Å². The summed E-state index contributed by atoms with van der Waals surface area (Å²) in [6.45, 7) is 3.19. The third kappa shape index (κ3) is 4.64. The number of carbonyl (C=O) groups excluding carboxylic acids is 1. The van der Waals surface area contributed by atoms with Gasteiger partial charge in [-0.3, -0.25) is 9.78 Å². The second-order valence-corrected chi connectivity index (χ2v) is 5.72. The zero-order valence-electron chi connectivity index (χ0n) is 14.1. The number of benzene rings is 1. The van der Waals surface area contributed by atoms with Gasteiger partial charge in [-0.2, -0.15) is 0 Å². The maximum Gasteiger partial charge on any atom is 0.270 e. The molecule has 3 rings (SSSR count). The van der Waals surface area contributed by atoms with Gasteiger partial charge < -0.3 is 10.6 Å². The molecule has 0 fully saturated rings. The number of aryl methyl sites for hydroxylation is 1. The van der Waals surface area contributed by atoms with E-state index in [1.165, 1.54) is 11.1 Å². The van der Waals surface area contributed by atoms with Crippen LogP contribution in [0.1, 0.15) is 27.3 Å². The quantitative estimate of drug-likeness (QED) is 0.726. The average Bonchev–Trinajstić information content (AvgIpc) is 2.67. The lowest BCUT2D eigenvalue weighted by Gasteiger charge is -2.09. The van der Waals surface area contributed by atoms with Crippen LogP contribution in [-0.2, 0) is 13.1 Å². The Morgan fingerprint density at radius 2 is 1.80 bits per heavy atom. The minimum absolute atomic E-state index is 0.212. The summed E-state index contributed by atoms with van der Waals surface area (Å²) in [5, 5.41) is 6.14. The summed E-state index contributed by atoms with van der Waals surface area (Å²) in [5.74, 6) is -0.212. The number of rotatable bonds is 6. The fraction of sp³-hybridized carbons (Fsp3) is 0.150. The molecule has 5 nitrogen and oxygen atoms in total. The second-order valence-electron chi connectivity index (χ2n) is 5.72. The maximum atomic E-state index is 12.1. The van der Waals surface area contributed by atoms with Gasteiger partial charge in [0.1, 0.15) is 5.69 Å². The van der Waals surface area contributed by atoms with Gasteiger partial charge in [-0.15, -0.1) is 0 Å². The summed E-state index contributed by atoms with van der Waals surface area (Å²) < 4.78 is 0. The molecule has 0 aliphatic rings. The first-order chi connectivity index (χ1) is 12.2. The van der Waals surface area contributed by atoms with Crippen LogP contribution in [-0.4, -0.2) is 15.9 Å².